The van der Waals surface area contributed by atoms with Crippen LogP contribution in [0.1, 0.15) is 42.9 Å². The molecule has 1 fully saturated rings. The lowest BCUT2D eigenvalue weighted by molar-refractivity contribution is -0.136. The molecule has 6 heteroatoms. The molecule has 2 N–H and O–H groups in total. The lowest BCUT2D eigenvalue weighted by Gasteiger charge is -2.33. The van der Waals surface area contributed by atoms with Crippen LogP contribution in [-0.2, 0) is 11.2 Å². The second kappa shape index (κ2) is 6.65. The fraction of sp³-hybridized carbons (Fsp3) is 0.600. The molecule has 0 aromatic carbocycles. The van der Waals surface area contributed by atoms with Crippen molar-refractivity contribution < 1.29 is 9.59 Å². The van der Waals surface area contributed by atoms with Crippen LogP contribution in [-0.4, -0.2) is 39.8 Å². The molecule has 114 valence electrons. The Kier molecular flexibility index (Phi) is 4.88. The smallest absolute Gasteiger partial charge is 0.267 e. The Morgan fingerprint density at radius 1 is 1.43 bits per heavy atom. The molecule has 1 unspecified atom stereocenters. The van der Waals surface area contributed by atoms with Gasteiger partial charge in [0.2, 0.25) is 5.91 Å². The summed E-state index contributed by atoms with van der Waals surface area (Å²) in [6, 6.07) is 1.64. The maximum atomic E-state index is 12.1. The number of likely N-dealkylation sites (tertiary alicyclic amines) is 1. The van der Waals surface area contributed by atoms with E-state index < -0.39 is 5.91 Å². The number of amides is 2. The number of nitrogens with two attached hydrogens (primary N) is 1. The standard InChI is InChI=1S/C15H22N4O2/c1-10(2)15(21)19-5-3-4-11(8-19)6-12-7-13(14(16)20)18-9-17-12/h7,9-11H,3-6,8H2,1-2H3,(H2,16,20). The molecule has 1 aromatic rings. The molecule has 2 amide bonds. The van der Waals surface area contributed by atoms with Gasteiger partial charge in [-0.25, -0.2) is 9.97 Å². The summed E-state index contributed by atoms with van der Waals surface area (Å²) in [5.41, 5.74) is 6.28. The summed E-state index contributed by atoms with van der Waals surface area (Å²) in [5.74, 6) is 0.0699. The normalized spacial score (nSPS) is 18.8. The van der Waals surface area contributed by atoms with Crippen molar-refractivity contribution >= 4 is 11.8 Å². The highest BCUT2D eigenvalue weighted by atomic mass is 16.2. The lowest BCUT2D eigenvalue weighted by atomic mass is 9.92. The Balaban J connectivity index is 2.01. The monoisotopic (exact) mass is 290 g/mol. The summed E-state index contributed by atoms with van der Waals surface area (Å²) < 4.78 is 0. The van der Waals surface area contributed by atoms with Crippen LogP contribution in [0.4, 0.5) is 0 Å². The van der Waals surface area contributed by atoms with Crippen LogP contribution < -0.4 is 5.73 Å². The maximum Gasteiger partial charge on any atom is 0.267 e. The molecule has 6 nitrogen and oxygen atoms in total. The maximum absolute atomic E-state index is 12.1. The van der Waals surface area contributed by atoms with Crippen LogP contribution in [0.5, 0.6) is 0 Å². The molecular weight excluding hydrogens is 268 g/mol. The van der Waals surface area contributed by atoms with E-state index in [9.17, 15) is 9.59 Å². The molecule has 0 spiro atoms. The summed E-state index contributed by atoms with van der Waals surface area (Å²) in [7, 11) is 0. The van der Waals surface area contributed by atoms with E-state index in [4.69, 9.17) is 5.73 Å². The highest BCUT2D eigenvalue weighted by Gasteiger charge is 2.25. The molecule has 0 radical (unpaired) electrons. The van der Waals surface area contributed by atoms with Gasteiger partial charge in [-0.15, -0.1) is 0 Å². The molecule has 21 heavy (non-hydrogen) atoms. The van der Waals surface area contributed by atoms with E-state index in [1.807, 2.05) is 18.7 Å². The van der Waals surface area contributed by atoms with Crippen molar-refractivity contribution in [2.24, 2.45) is 17.6 Å². The zero-order chi connectivity index (χ0) is 15.4. The SMILES string of the molecule is CC(C)C(=O)N1CCCC(Cc2cc(C(N)=O)ncn2)C1. The first-order chi connectivity index (χ1) is 9.97. The average Bonchev–Trinajstić information content (AvgIpc) is 2.47. The molecule has 1 aromatic heterocycles. The largest absolute Gasteiger partial charge is 0.364 e. The van der Waals surface area contributed by atoms with Gasteiger partial charge in [-0.05, 0) is 31.2 Å². The Labute approximate surface area is 124 Å². The number of primary amides is 1. The summed E-state index contributed by atoms with van der Waals surface area (Å²) in [6.45, 7) is 5.45. The van der Waals surface area contributed by atoms with Gasteiger partial charge < -0.3 is 10.6 Å². The third-order valence-corrected chi connectivity index (χ3v) is 3.80. The van der Waals surface area contributed by atoms with Crippen molar-refractivity contribution in [3.8, 4) is 0 Å². The first-order valence-electron chi connectivity index (χ1n) is 7.37. The number of carbonyl (C=O) groups is 2. The zero-order valence-electron chi connectivity index (χ0n) is 12.6. The van der Waals surface area contributed by atoms with Crippen molar-refractivity contribution in [3.05, 3.63) is 23.8 Å². The van der Waals surface area contributed by atoms with Gasteiger partial charge in [-0.1, -0.05) is 13.8 Å². The molecule has 2 rings (SSSR count). The van der Waals surface area contributed by atoms with Gasteiger partial charge in [0.25, 0.3) is 5.91 Å². The molecule has 0 aliphatic carbocycles. The second-order valence-electron chi connectivity index (χ2n) is 5.91. The number of rotatable bonds is 4. The van der Waals surface area contributed by atoms with E-state index in [1.54, 1.807) is 6.07 Å². The summed E-state index contributed by atoms with van der Waals surface area (Å²) in [5, 5.41) is 0. The van der Waals surface area contributed by atoms with E-state index in [0.29, 0.717) is 5.92 Å². The number of hydrogen-bond donors (Lipinski definition) is 1. The zero-order valence-corrected chi connectivity index (χ0v) is 12.6. The number of piperidine rings is 1. The Morgan fingerprint density at radius 3 is 2.86 bits per heavy atom. The van der Waals surface area contributed by atoms with E-state index in [-0.39, 0.29) is 17.5 Å². The minimum absolute atomic E-state index is 0.0317. The minimum Gasteiger partial charge on any atom is -0.364 e. The third kappa shape index (κ3) is 4.00. The quantitative estimate of drug-likeness (QED) is 0.896. The molecular formula is C15H22N4O2. The Hall–Kier alpha value is -1.98. The summed E-state index contributed by atoms with van der Waals surface area (Å²) in [6.07, 6.45) is 4.19. The van der Waals surface area contributed by atoms with Crippen LogP contribution in [0.15, 0.2) is 12.4 Å². The summed E-state index contributed by atoms with van der Waals surface area (Å²) >= 11 is 0. The molecule has 1 aliphatic heterocycles. The van der Waals surface area contributed by atoms with Crippen molar-refractivity contribution in [1.29, 1.82) is 0 Å². The fourth-order valence-electron chi connectivity index (χ4n) is 2.74. The van der Waals surface area contributed by atoms with Crippen LogP contribution in [0, 0.1) is 11.8 Å². The van der Waals surface area contributed by atoms with Crippen molar-refractivity contribution in [2.75, 3.05) is 13.1 Å². The fourth-order valence-corrected chi connectivity index (χ4v) is 2.74. The molecule has 2 heterocycles. The van der Waals surface area contributed by atoms with E-state index in [2.05, 4.69) is 9.97 Å². The Bertz CT molecular complexity index is 530. The summed E-state index contributed by atoms with van der Waals surface area (Å²) in [4.78, 5) is 33.2. The number of hydrogen-bond acceptors (Lipinski definition) is 4. The highest BCUT2D eigenvalue weighted by Crippen LogP contribution is 2.21. The van der Waals surface area contributed by atoms with Gasteiger partial charge in [-0.3, -0.25) is 9.59 Å². The number of carbonyl (C=O) groups excluding carboxylic acids is 2. The van der Waals surface area contributed by atoms with Gasteiger partial charge in [0.1, 0.15) is 12.0 Å². The molecule has 0 saturated carbocycles. The van der Waals surface area contributed by atoms with Crippen molar-refractivity contribution in [2.45, 2.75) is 33.1 Å². The van der Waals surface area contributed by atoms with Gasteiger partial charge in [0.05, 0.1) is 0 Å². The van der Waals surface area contributed by atoms with Crippen LogP contribution in [0.25, 0.3) is 0 Å². The Morgan fingerprint density at radius 2 is 2.19 bits per heavy atom. The van der Waals surface area contributed by atoms with Crippen LogP contribution in [0.3, 0.4) is 0 Å². The van der Waals surface area contributed by atoms with Crippen molar-refractivity contribution in [3.63, 3.8) is 0 Å². The lowest BCUT2D eigenvalue weighted by Crippen LogP contribution is -2.42. The van der Waals surface area contributed by atoms with Crippen molar-refractivity contribution in [1.82, 2.24) is 14.9 Å². The number of nitrogens with zero attached hydrogens (tertiary/aromatic N) is 3. The minimum atomic E-state index is -0.543. The van der Waals surface area contributed by atoms with Gasteiger partial charge >= 0.3 is 0 Å². The predicted octanol–water partition coefficient (Wildman–Crippen LogP) is 1.01. The molecule has 1 aliphatic rings. The van der Waals surface area contributed by atoms with Crippen LogP contribution in [0.2, 0.25) is 0 Å². The molecule has 1 atom stereocenters. The number of aromatic nitrogens is 2. The first kappa shape index (κ1) is 15.4. The first-order valence-corrected chi connectivity index (χ1v) is 7.37. The van der Waals surface area contributed by atoms with E-state index in [1.165, 1.54) is 6.33 Å². The van der Waals surface area contributed by atoms with Crippen LogP contribution >= 0.6 is 0 Å². The van der Waals surface area contributed by atoms with Gasteiger partial charge in [0.15, 0.2) is 0 Å². The topological polar surface area (TPSA) is 89.2 Å². The van der Waals surface area contributed by atoms with Gasteiger partial charge in [-0.2, -0.15) is 0 Å². The average molecular weight is 290 g/mol. The van der Waals surface area contributed by atoms with E-state index in [0.717, 1.165) is 38.0 Å². The van der Waals surface area contributed by atoms with E-state index >= 15 is 0 Å². The second-order valence-corrected chi connectivity index (χ2v) is 5.91. The van der Waals surface area contributed by atoms with Gasteiger partial charge in [0, 0.05) is 24.7 Å². The molecule has 1 saturated heterocycles. The molecule has 0 bridgehead atoms. The third-order valence-electron chi connectivity index (χ3n) is 3.80. The highest BCUT2D eigenvalue weighted by molar-refractivity contribution is 5.90. The predicted molar refractivity (Wildman–Crippen MR) is 78.4 cm³/mol.